The van der Waals surface area contributed by atoms with Crippen LogP contribution in [0.4, 0.5) is 0 Å². The molecule has 3 rings (SSSR count). The molecule has 0 saturated carbocycles. The van der Waals surface area contributed by atoms with E-state index in [0.29, 0.717) is 17.9 Å². The average Bonchev–Trinajstić information content (AvgIpc) is 2.73. The molecule has 3 amide bonds. The Morgan fingerprint density at radius 2 is 1.81 bits per heavy atom. The molecule has 0 spiro atoms. The predicted octanol–water partition coefficient (Wildman–Crippen LogP) is 1.52. The number of halogens is 1. The first-order valence-electron chi connectivity index (χ1n) is 7.55. The topological polar surface area (TPSA) is 57.7 Å². The summed E-state index contributed by atoms with van der Waals surface area (Å²) in [5.74, 6) is -1.26. The van der Waals surface area contributed by atoms with E-state index in [-0.39, 0.29) is 36.1 Å². The number of carbonyl (C=O) groups excluding carboxylic acids is 3. The zero-order chi connectivity index (χ0) is 15.0. The van der Waals surface area contributed by atoms with E-state index in [2.05, 4.69) is 0 Å². The van der Waals surface area contributed by atoms with Crippen molar-refractivity contribution >= 4 is 29.3 Å². The fourth-order valence-corrected chi connectivity index (χ4v) is 3.69. The molecular weight excluding hydrogens is 292 g/mol. The normalized spacial score (nSPS) is 29.5. The van der Waals surface area contributed by atoms with Crippen LogP contribution < -0.4 is 0 Å². The van der Waals surface area contributed by atoms with E-state index >= 15 is 0 Å². The third-order valence-electron chi connectivity index (χ3n) is 4.66. The minimum Gasteiger partial charge on any atom is -0.341 e. The van der Waals surface area contributed by atoms with Gasteiger partial charge < -0.3 is 4.90 Å². The van der Waals surface area contributed by atoms with Gasteiger partial charge in [-0.15, -0.1) is 0 Å². The van der Waals surface area contributed by atoms with E-state index in [1.165, 1.54) is 0 Å². The van der Waals surface area contributed by atoms with Crippen molar-refractivity contribution in [2.75, 3.05) is 19.6 Å². The van der Waals surface area contributed by atoms with Crippen molar-refractivity contribution in [3.8, 4) is 0 Å². The highest BCUT2D eigenvalue weighted by Gasteiger charge is 2.49. The van der Waals surface area contributed by atoms with E-state index in [0.717, 1.165) is 37.3 Å². The molecule has 0 aromatic carbocycles. The minimum absolute atomic E-state index is 0.109. The average molecular weight is 311 g/mol. The smallest absolute Gasteiger partial charge is 0.242 e. The molecule has 6 heteroatoms. The fraction of sp³-hybridized carbons (Fsp3) is 0.667. The SMILES string of the molecule is O=C(CN1C(=O)[C@H]2CC(Cl)=CC[C@H]2C1=O)N1CCCCC1. The quantitative estimate of drug-likeness (QED) is 0.727. The molecule has 2 fully saturated rings. The molecule has 0 N–H and O–H groups in total. The lowest BCUT2D eigenvalue weighted by Gasteiger charge is -2.28. The largest absolute Gasteiger partial charge is 0.341 e. The van der Waals surface area contributed by atoms with Crippen LogP contribution in [0.15, 0.2) is 11.1 Å². The Morgan fingerprint density at radius 1 is 1.14 bits per heavy atom. The van der Waals surface area contributed by atoms with Crippen LogP contribution in [0.3, 0.4) is 0 Å². The molecule has 2 saturated heterocycles. The summed E-state index contributed by atoms with van der Waals surface area (Å²) < 4.78 is 0. The van der Waals surface area contributed by atoms with Crippen LogP contribution in [0.2, 0.25) is 0 Å². The third kappa shape index (κ3) is 2.71. The molecule has 1 aliphatic carbocycles. The molecule has 0 aromatic rings. The summed E-state index contributed by atoms with van der Waals surface area (Å²) in [5, 5.41) is 0.640. The van der Waals surface area contributed by atoms with Crippen molar-refractivity contribution in [2.24, 2.45) is 11.8 Å². The standard InChI is InChI=1S/C15H19ClN2O3/c16-10-4-5-11-12(8-10)15(21)18(14(11)20)9-13(19)17-6-2-1-3-7-17/h4,11-12H,1-3,5-9H2/t11-,12+/m1/s1. The number of hydrogen-bond acceptors (Lipinski definition) is 3. The lowest BCUT2D eigenvalue weighted by atomic mass is 9.85. The Kier molecular flexibility index (Phi) is 4.02. The number of hydrogen-bond donors (Lipinski definition) is 0. The van der Waals surface area contributed by atoms with Crippen LogP contribution in [0.1, 0.15) is 32.1 Å². The Hall–Kier alpha value is -1.36. The molecule has 2 heterocycles. The third-order valence-corrected chi connectivity index (χ3v) is 4.97. The lowest BCUT2D eigenvalue weighted by molar-refractivity contribution is -0.146. The van der Waals surface area contributed by atoms with Gasteiger partial charge in [0.25, 0.3) is 0 Å². The first kappa shape index (κ1) is 14.6. The maximum absolute atomic E-state index is 12.4. The van der Waals surface area contributed by atoms with Crippen molar-refractivity contribution in [3.63, 3.8) is 0 Å². The summed E-state index contributed by atoms with van der Waals surface area (Å²) in [6.45, 7) is 1.35. The maximum atomic E-state index is 12.4. The maximum Gasteiger partial charge on any atom is 0.242 e. The van der Waals surface area contributed by atoms with Gasteiger partial charge in [-0.2, -0.15) is 0 Å². The van der Waals surface area contributed by atoms with Gasteiger partial charge in [-0.3, -0.25) is 19.3 Å². The Labute approximate surface area is 128 Å². The molecule has 0 radical (unpaired) electrons. The number of amides is 3. The zero-order valence-electron chi connectivity index (χ0n) is 11.9. The molecule has 5 nitrogen and oxygen atoms in total. The van der Waals surface area contributed by atoms with Crippen LogP contribution in [-0.4, -0.2) is 47.2 Å². The van der Waals surface area contributed by atoms with Gasteiger partial charge in [0.2, 0.25) is 17.7 Å². The van der Waals surface area contributed by atoms with E-state index in [1.54, 1.807) is 4.90 Å². The first-order valence-corrected chi connectivity index (χ1v) is 7.93. The van der Waals surface area contributed by atoms with Gasteiger partial charge in [-0.1, -0.05) is 17.7 Å². The monoisotopic (exact) mass is 310 g/mol. The number of nitrogens with zero attached hydrogens (tertiary/aromatic N) is 2. The number of carbonyl (C=O) groups is 3. The second kappa shape index (κ2) is 5.79. The van der Waals surface area contributed by atoms with Crippen LogP contribution in [0.25, 0.3) is 0 Å². The summed E-state index contributed by atoms with van der Waals surface area (Å²) in [6, 6.07) is 0. The van der Waals surface area contributed by atoms with Gasteiger partial charge >= 0.3 is 0 Å². The predicted molar refractivity (Wildman–Crippen MR) is 77.3 cm³/mol. The molecule has 114 valence electrons. The molecule has 3 aliphatic rings. The number of likely N-dealkylation sites (tertiary alicyclic amines) is 2. The van der Waals surface area contributed by atoms with Gasteiger partial charge in [0.15, 0.2) is 0 Å². The molecule has 0 aromatic heterocycles. The molecule has 0 bridgehead atoms. The summed E-state index contributed by atoms with van der Waals surface area (Å²) in [5.41, 5.74) is 0. The Bertz CT molecular complexity index is 511. The fourth-order valence-electron chi connectivity index (χ4n) is 3.43. The van der Waals surface area contributed by atoms with Crippen molar-refractivity contribution in [1.29, 1.82) is 0 Å². The Balaban J connectivity index is 1.67. The number of allylic oxidation sites excluding steroid dienone is 2. The first-order chi connectivity index (χ1) is 10.1. The van der Waals surface area contributed by atoms with Crippen LogP contribution >= 0.6 is 11.6 Å². The number of rotatable bonds is 2. The second-order valence-corrected chi connectivity index (χ2v) is 6.49. The molecule has 0 unspecified atom stereocenters. The van der Waals surface area contributed by atoms with Crippen LogP contribution in [-0.2, 0) is 14.4 Å². The van der Waals surface area contributed by atoms with Gasteiger partial charge in [0.1, 0.15) is 6.54 Å². The van der Waals surface area contributed by atoms with Gasteiger partial charge in [-0.25, -0.2) is 0 Å². The number of imide groups is 1. The van der Waals surface area contributed by atoms with Crippen molar-refractivity contribution in [1.82, 2.24) is 9.80 Å². The highest BCUT2D eigenvalue weighted by molar-refractivity contribution is 6.30. The van der Waals surface area contributed by atoms with E-state index in [9.17, 15) is 14.4 Å². The summed E-state index contributed by atoms with van der Waals surface area (Å²) >= 11 is 5.98. The van der Waals surface area contributed by atoms with Crippen molar-refractivity contribution < 1.29 is 14.4 Å². The Morgan fingerprint density at radius 3 is 2.52 bits per heavy atom. The molecule has 21 heavy (non-hydrogen) atoms. The summed E-state index contributed by atoms with van der Waals surface area (Å²) in [6.07, 6.45) is 5.87. The zero-order valence-corrected chi connectivity index (χ0v) is 12.6. The number of fused-ring (bicyclic) bond motifs is 1. The highest BCUT2D eigenvalue weighted by atomic mass is 35.5. The van der Waals surface area contributed by atoms with Gasteiger partial charge in [0.05, 0.1) is 11.8 Å². The molecule has 2 aliphatic heterocycles. The van der Waals surface area contributed by atoms with E-state index in [1.807, 2.05) is 6.08 Å². The lowest BCUT2D eigenvalue weighted by Crippen LogP contribution is -2.44. The second-order valence-electron chi connectivity index (χ2n) is 6.01. The van der Waals surface area contributed by atoms with Crippen molar-refractivity contribution in [3.05, 3.63) is 11.1 Å². The number of piperidine rings is 1. The van der Waals surface area contributed by atoms with Gasteiger partial charge in [0, 0.05) is 18.1 Å². The molecular formula is C15H19ClN2O3. The highest BCUT2D eigenvalue weighted by Crippen LogP contribution is 2.38. The summed E-state index contributed by atoms with van der Waals surface area (Å²) in [4.78, 5) is 39.9. The van der Waals surface area contributed by atoms with E-state index < -0.39 is 0 Å². The van der Waals surface area contributed by atoms with Crippen LogP contribution in [0, 0.1) is 11.8 Å². The van der Waals surface area contributed by atoms with Crippen molar-refractivity contribution in [2.45, 2.75) is 32.1 Å². The summed E-state index contributed by atoms with van der Waals surface area (Å²) in [7, 11) is 0. The minimum atomic E-state index is -0.371. The molecule has 2 atom stereocenters. The van der Waals surface area contributed by atoms with Gasteiger partial charge in [-0.05, 0) is 32.1 Å². The van der Waals surface area contributed by atoms with E-state index in [4.69, 9.17) is 11.6 Å². The van der Waals surface area contributed by atoms with Crippen LogP contribution in [0.5, 0.6) is 0 Å².